The number of alkyl halides is 3. The third kappa shape index (κ3) is 4.82. The molecule has 0 spiro atoms. The van der Waals surface area contributed by atoms with Gasteiger partial charge in [0.2, 0.25) is 0 Å². The van der Waals surface area contributed by atoms with E-state index in [-0.39, 0.29) is 22.2 Å². The van der Waals surface area contributed by atoms with E-state index in [1.54, 1.807) is 18.2 Å². The predicted octanol–water partition coefficient (Wildman–Crippen LogP) is 4.00. The number of nitrogens with one attached hydrogen (secondary N) is 3. The van der Waals surface area contributed by atoms with E-state index in [9.17, 15) is 18.0 Å². The quantitative estimate of drug-likeness (QED) is 0.275. The Hall–Kier alpha value is -3.64. The van der Waals surface area contributed by atoms with Crippen molar-refractivity contribution < 1.29 is 18.0 Å². The van der Waals surface area contributed by atoms with E-state index in [4.69, 9.17) is 17.3 Å². The number of hydrogen-bond donors (Lipinski definition) is 4. The van der Waals surface area contributed by atoms with E-state index in [2.05, 4.69) is 30.8 Å². The normalized spacial score (nSPS) is 11.7. The number of aromatic nitrogens is 5. The van der Waals surface area contributed by atoms with Crippen molar-refractivity contribution in [1.82, 2.24) is 29.9 Å². The lowest BCUT2D eigenvalue weighted by Gasteiger charge is -2.11. The zero-order chi connectivity index (χ0) is 24.3. The molecule has 3 aromatic heterocycles. The molecule has 0 aliphatic rings. The van der Waals surface area contributed by atoms with E-state index in [1.807, 2.05) is 0 Å². The minimum atomic E-state index is -4.62. The SMILES string of the molecule is NCCCCNC(=O)c1ccc(Nc2nccn3c(-c4c[nH]nc4C(F)(F)F)cnc23)cc1Cl. The first kappa shape index (κ1) is 23.5. The van der Waals surface area contributed by atoms with Crippen molar-refractivity contribution in [3.8, 4) is 11.3 Å². The zero-order valence-electron chi connectivity index (χ0n) is 17.7. The van der Waals surface area contributed by atoms with Crippen molar-refractivity contribution >= 4 is 34.7 Å². The molecular formula is C21H20ClF3N8O. The van der Waals surface area contributed by atoms with Crippen LogP contribution in [0, 0.1) is 0 Å². The largest absolute Gasteiger partial charge is 0.435 e. The summed E-state index contributed by atoms with van der Waals surface area (Å²) in [6.45, 7) is 1.05. The van der Waals surface area contributed by atoms with Gasteiger partial charge in [0, 0.05) is 30.8 Å². The highest BCUT2D eigenvalue weighted by Crippen LogP contribution is 2.36. The smallest absolute Gasteiger partial charge is 0.352 e. The fourth-order valence-corrected chi connectivity index (χ4v) is 3.65. The summed E-state index contributed by atoms with van der Waals surface area (Å²) in [6.07, 6.45) is 2.36. The number of rotatable bonds is 8. The Morgan fingerprint density at radius 2 is 2.06 bits per heavy atom. The molecule has 9 nitrogen and oxygen atoms in total. The standard InChI is InChI=1S/C21H20ClF3N8O/c22-15-9-12(3-4-13(15)20(34)28-6-2-1-5-26)31-18-19-29-11-16(33(19)8-7-27-18)14-10-30-32-17(14)21(23,24)25/h3-4,7-11H,1-2,5-6,26H2,(H,27,31)(H,28,34)(H,30,32). The van der Waals surface area contributed by atoms with E-state index in [0.717, 1.165) is 12.8 Å². The molecular weight excluding hydrogens is 473 g/mol. The minimum Gasteiger partial charge on any atom is -0.352 e. The molecule has 0 saturated heterocycles. The van der Waals surface area contributed by atoms with Crippen molar-refractivity contribution in [2.24, 2.45) is 5.73 Å². The van der Waals surface area contributed by atoms with Gasteiger partial charge in [0.1, 0.15) is 0 Å². The molecule has 4 aromatic rings. The number of nitrogens with zero attached hydrogens (tertiary/aromatic N) is 4. The van der Waals surface area contributed by atoms with Gasteiger partial charge < -0.3 is 16.4 Å². The molecule has 1 aromatic carbocycles. The van der Waals surface area contributed by atoms with E-state index in [0.29, 0.717) is 35.8 Å². The summed E-state index contributed by atoms with van der Waals surface area (Å²) in [7, 11) is 0. The molecule has 0 fully saturated rings. The number of nitrogens with two attached hydrogens (primary N) is 1. The van der Waals surface area contributed by atoms with Crippen LogP contribution >= 0.6 is 11.6 Å². The van der Waals surface area contributed by atoms with Gasteiger partial charge in [-0.1, -0.05) is 11.6 Å². The van der Waals surface area contributed by atoms with Crippen molar-refractivity contribution in [1.29, 1.82) is 0 Å². The molecule has 4 rings (SSSR count). The first-order valence-corrected chi connectivity index (χ1v) is 10.7. The number of anilines is 2. The fraction of sp³-hybridized carbons (Fsp3) is 0.238. The molecule has 0 atom stereocenters. The van der Waals surface area contributed by atoms with Crippen LogP contribution in [0.1, 0.15) is 28.9 Å². The van der Waals surface area contributed by atoms with E-state index >= 15 is 0 Å². The molecule has 3 heterocycles. The molecule has 34 heavy (non-hydrogen) atoms. The number of unbranched alkanes of at least 4 members (excludes halogenated alkanes) is 1. The number of carbonyl (C=O) groups is 1. The van der Waals surface area contributed by atoms with Gasteiger partial charge in [-0.15, -0.1) is 0 Å². The number of carbonyl (C=O) groups excluding carboxylic acids is 1. The summed E-state index contributed by atoms with van der Waals surface area (Å²) in [5.41, 5.74) is 5.60. The highest BCUT2D eigenvalue weighted by atomic mass is 35.5. The van der Waals surface area contributed by atoms with E-state index in [1.165, 1.54) is 29.2 Å². The third-order valence-electron chi connectivity index (χ3n) is 5.01. The first-order valence-electron chi connectivity index (χ1n) is 10.3. The second kappa shape index (κ2) is 9.69. The van der Waals surface area contributed by atoms with Crippen molar-refractivity contribution in [2.75, 3.05) is 18.4 Å². The second-order valence-corrected chi connectivity index (χ2v) is 7.74. The Labute approximate surface area is 196 Å². The van der Waals surface area contributed by atoms with Crippen LogP contribution in [0.3, 0.4) is 0 Å². The third-order valence-corrected chi connectivity index (χ3v) is 5.32. The van der Waals surface area contributed by atoms with Crippen LogP contribution in [0.15, 0.2) is 43.0 Å². The Balaban J connectivity index is 1.57. The molecule has 0 aliphatic heterocycles. The zero-order valence-corrected chi connectivity index (χ0v) is 18.4. The summed E-state index contributed by atoms with van der Waals surface area (Å²) in [6, 6.07) is 4.78. The summed E-state index contributed by atoms with van der Waals surface area (Å²) in [5, 5.41) is 11.6. The Morgan fingerprint density at radius 3 is 2.79 bits per heavy atom. The lowest BCUT2D eigenvalue weighted by molar-refractivity contribution is -0.140. The topological polar surface area (TPSA) is 126 Å². The first-order chi connectivity index (χ1) is 16.3. The van der Waals surface area contributed by atoms with Crippen LogP contribution in [-0.4, -0.2) is 43.6 Å². The number of H-pyrrole nitrogens is 1. The average molecular weight is 493 g/mol. The number of hydrogen-bond acceptors (Lipinski definition) is 6. The molecule has 1 amide bonds. The fourth-order valence-electron chi connectivity index (χ4n) is 3.39. The molecule has 0 aliphatic carbocycles. The molecule has 5 N–H and O–H groups in total. The number of imidazole rings is 1. The van der Waals surface area contributed by atoms with Crippen LogP contribution in [-0.2, 0) is 6.18 Å². The molecule has 13 heteroatoms. The molecule has 0 radical (unpaired) electrons. The number of fused-ring (bicyclic) bond motifs is 1. The van der Waals surface area contributed by atoms with Crippen LogP contribution in [0.5, 0.6) is 0 Å². The van der Waals surface area contributed by atoms with Crippen molar-refractivity contribution in [3.63, 3.8) is 0 Å². The predicted molar refractivity (Wildman–Crippen MR) is 121 cm³/mol. The number of aromatic amines is 1. The van der Waals surface area contributed by atoms with Gasteiger partial charge in [-0.3, -0.25) is 14.3 Å². The lowest BCUT2D eigenvalue weighted by atomic mass is 10.2. The highest BCUT2D eigenvalue weighted by Gasteiger charge is 2.37. The maximum absolute atomic E-state index is 13.3. The summed E-state index contributed by atoms with van der Waals surface area (Å²) in [5.74, 6) is -0.00636. The van der Waals surface area contributed by atoms with Gasteiger partial charge in [0.15, 0.2) is 17.2 Å². The van der Waals surface area contributed by atoms with Gasteiger partial charge in [-0.25, -0.2) is 9.97 Å². The number of benzene rings is 1. The van der Waals surface area contributed by atoms with Gasteiger partial charge >= 0.3 is 6.18 Å². The Kier molecular flexibility index (Phi) is 6.70. The van der Waals surface area contributed by atoms with Crippen LogP contribution in [0.4, 0.5) is 24.7 Å². The van der Waals surface area contributed by atoms with E-state index < -0.39 is 11.9 Å². The van der Waals surface area contributed by atoms with Crippen molar-refractivity contribution in [3.05, 3.63) is 59.3 Å². The number of halogens is 4. The Bertz CT molecular complexity index is 1320. The van der Waals surface area contributed by atoms with Gasteiger partial charge in [-0.2, -0.15) is 18.3 Å². The molecule has 0 unspecified atom stereocenters. The van der Waals surface area contributed by atoms with Crippen LogP contribution in [0.25, 0.3) is 16.9 Å². The van der Waals surface area contributed by atoms with Gasteiger partial charge in [0.25, 0.3) is 5.91 Å². The minimum absolute atomic E-state index is 0.137. The highest BCUT2D eigenvalue weighted by molar-refractivity contribution is 6.34. The number of amides is 1. The lowest BCUT2D eigenvalue weighted by Crippen LogP contribution is -2.25. The summed E-state index contributed by atoms with van der Waals surface area (Å²) < 4.78 is 41.3. The van der Waals surface area contributed by atoms with Crippen molar-refractivity contribution in [2.45, 2.75) is 19.0 Å². The van der Waals surface area contributed by atoms with Crippen LogP contribution in [0.2, 0.25) is 5.02 Å². The molecule has 0 saturated carbocycles. The van der Waals surface area contributed by atoms with Gasteiger partial charge in [0.05, 0.1) is 28.0 Å². The molecule has 178 valence electrons. The monoisotopic (exact) mass is 492 g/mol. The summed E-state index contributed by atoms with van der Waals surface area (Å²) >= 11 is 6.30. The van der Waals surface area contributed by atoms with Crippen LogP contribution < -0.4 is 16.4 Å². The maximum Gasteiger partial charge on any atom is 0.435 e. The average Bonchev–Trinajstić information content (AvgIpc) is 3.44. The van der Waals surface area contributed by atoms with Gasteiger partial charge in [-0.05, 0) is 37.6 Å². The molecule has 0 bridgehead atoms. The Morgan fingerprint density at radius 1 is 1.24 bits per heavy atom. The maximum atomic E-state index is 13.3. The summed E-state index contributed by atoms with van der Waals surface area (Å²) in [4.78, 5) is 20.8. The second-order valence-electron chi connectivity index (χ2n) is 7.33.